The van der Waals surface area contributed by atoms with Crippen molar-refractivity contribution in [3.05, 3.63) is 200 Å². The van der Waals surface area contributed by atoms with Crippen LogP contribution in [0.15, 0.2) is 200 Å². The van der Waals surface area contributed by atoms with Gasteiger partial charge < -0.3 is 4.57 Å². The Morgan fingerprint density at radius 2 is 0.778 bits per heavy atom. The van der Waals surface area contributed by atoms with E-state index in [-0.39, 0.29) is 0 Å². The largest absolute Gasteiger partial charge is 0.307 e. The van der Waals surface area contributed by atoms with Crippen LogP contribution in [0, 0.1) is 0 Å². The quantitative estimate of drug-likeness (QED) is 0.166. The summed E-state index contributed by atoms with van der Waals surface area (Å²) < 4.78 is 7.21. The van der Waals surface area contributed by atoms with E-state index in [1.165, 1.54) is 63.3 Å². The fraction of sp³-hybridized carbons (Fsp3) is 0. The highest BCUT2D eigenvalue weighted by Crippen LogP contribution is 2.44. The molecule has 0 atom stereocenters. The van der Waals surface area contributed by atoms with Crippen LogP contribution in [0.4, 0.5) is 0 Å². The van der Waals surface area contributed by atoms with Crippen molar-refractivity contribution in [2.75, 3.05) is 0 Å². The summed E-state index contributed by atoms with van der Waals surface area (Å²) in [6, 6.07) is 72.1. The third-order valence-electron chi connectivity index (χ3n) is 12.9. The van der Waals surface area contributed by atoms with Crippen molar-refractivity contribution in [2.45, 2.75) is 0 Å². The van der Waals surface area contributed by atoms with Crippen molar-refractivity contribution >= 4 is 107 Å². The van der Waals surface area contributed by atoms with E-state index < -0.39 is 0 Å². The molecular formula is C57H33N5S. The number of nitrogens with zero attached hydrogens (tertiary/aromatic N) is 5. The van der Waals surface area contributed by atoms with Gasteiger partial charge in [0.15, 0.2) is 11.6 Å². The van der Waals surface area contributed by atoms with Crippen molar-refractivity contribution in [3.8, 4) is 34.4 Å². The zero-order chi connectivity index (χ0) is 41.2. The summed E-state index contributed by atoms with van der Waals surface area (Å²) in [4.78, 5) is 16.0. The molecule has 0 saturated heterocycles. The monoisotopic (exact) mass is 819 g/mol. The highest BCUT2D eigenvalue weighted by molar-refractivity contribution is 7.25. The first-order chi connectivity index (χ1) is 31.2. The summed E-state index contributed by atoms with van der Waals surface area (Å²) in [7, 11) is 0. The summed E-state index contributed by atoms with van der Waals surface area (Å²) in [6.07, 6.45) is 0. The van der Waals surface area contributed by atoms with E-state index in [0.717, 1.165) is 49.7 Å². The van der Waals surface area contributed by atoms with Crippen molar-refractivity contribution in [3.63, 3.8) is 0 Å². The van der Waals surface area contributed by atoms with Crippen molar-refractivity contribution in [1.29, 1.82) is 0 Å². The van der Waals surface area contributed by atoms with Crippen molar-refractivity contribution in [2.24, 2.45) is 0 Å². The van der Waals surface area contributed by atoms with E-state index in [9.17, 15) is 0 Å². The molecule has 4 aromatic heterocycles. The zero-order valence-corrected chi connectivity index (χ0v) is 34.5. The minimum absolute atomic E-state index is 0.571. The molecule has 10 aromatic carbocycles. The first-order valence-corrected chi connectivity index (χ1v) is 22.1. The molecular weight excluding hydrogens is 787 g/mol. The van der Waals surface area contributed by atoms with Gasteiger partial charge in [0.25, 0.3) is 0 Å². The molecule has 0 radical (unpaired) electrons. The predicted octanol–water partition coefficient (Wildman–Crippen LogP) is 15.2. The Morgan fingerprint density at radius 1 is 0.302 bits per heavy atom. The molecule has 14 rings (SSSR count). The van der Waals surface area contributed by atoms with E-state index in [2.05, 4.69) is 191 Å². The lowest BCUT2D eigenvalue weighted by Gasteiger charge is -2.15. The van der Waals surface area contributed by atoms with Crippen LogP contribution in [0.3, 0.4) is 0 Å². The molecule has 5 nitrogen and oxygen atoms in total. The molecule has 0 saturated carbocycles. The van der Waals surface area contributed by atoms with Crippen LogP contribution in [0.2, 0.25) is 0 Å². The summed E-state index contributed by atoms with van der Waals surface area (Å²) in [5, 5.41) is 14.6. The van der Waals surface area contributed by atoms with Crippen LogP contribution in [0.5, 0.6) is 0 Å². The highest BCUT2D eigenvalue weighted by atomic mass is 32.1. The van der Waals surface area contributed by atoms with Gasteiger partial charge in [0.2, 0.25) is 5.95 Å². The van der Waals surface area contributed by atoms with Crippen LogP contribution in [-0.4, -0.2) is 24.1 Å². The Labute approximate surface area is 364 Å². The average molecular weight is 820 g/mol. The molecule has 14 aromatic rings. The summed E-state index contributed by atoms with van der Waals surface area (Å²) in [5.74, 6) is 1.83. The SMILES string of the molecule is c1ccc(-c2nc(-c3ccc4c(c3)sc3ccccc34)nc(-n3c4ccccc4c4ccc5c6ccccc6n(-c6ccc7c8ccccc8c8ccccc8c7c6)c5c43)n2)cc1. The van der Waals surface area contributed by atoms with Gasteiger partial charge >= 0.3 is 0 Å². The second kappa shape index (κ2) is 13.2. The maximum absolute atomic E-state index is 5.44. The number of aromatic nitrogens is 5. The fourth-order valence-electron chi connectivity index (χ4n) is 10.2. The Balaban J connectivity index is 1.10. The van der Waals surface area contributed by atoms with E-state index in [1.54, 1.807) is 11.3 Å². The smallest absolute Gasteiger partial charge is 0.238 e. The van der Waals surface area contributed by atoms with Crippen LogP contribution in [0.1, 0.15) is 0 Å². The van der Waals surface area contributed by atoms with E-state index in [0.29, 0.717) is 17.6 Å². The number of fused-ring (bicyclic) bond motifs is 16. The van der Waals surface area contributed by atoms with E-state index in [4.69, 9.17) is 15.0 Å². The Kier molecular flexibility index (Phi) is 7.21. The first kappa shape index (κ1) is 34.5. The van der Waals surface area contributed by atoms with Gasteiger partial charge in [-0.05, 0) is 68.7 Å². The molecule has 0 aliphatic rings. The molecule has 0 aliphatic carbocycles. The third kappa shape index (κ3) is 5.01. The standard InChI is InChI=1S/C57H33N5S/c1-2-14-34(15-3-1)55-58-56(35-26-28-45-44-22-10-13-25-51(44)63-52(45)32-35)60-57(59-55)62-50-24-12-9-21-43(50)47-31-30-46-42-20-8-11-23-49(42)61(53(46)54(47)62)36-27-29-41-39-18-5-4-16-37(39)38-17-6-7-19-40(38)48(41)33-36/h1-33H. The van der Waals surface area contributed by atoms with Gasteiger partial charge in [-0.3, -0.25) is 4.57 Å². The molecule has 0 aliphatic heterocycles. The molecule has 0 amide bonds. The minimum Gasteiger partial charge on any atom is -0.307 e. The van der Waals surface area contributed by atoms with Gasteiger partial charge in [-0.2, -0.15) is 9.97 Å². The van der Waals surface area contributed by atoms with Crippen molar-refractivity contribution < 1.29 is 0 Å². The molecule has 0 unspecified atom stereocenters. The minimum atomic E-state index is 0.571. The van der Waals surface area contributed by atoms with Crippen molar-refractivity contribution in [1.82, 2.24) is 24.1 Å². The van der Waals surface area contributed by atoms with Crippen LogP contribution < -0.4 is 0 Å². The van der Waals surface area contributed by atoms with Crippen LogP contribution in [-0.2, 0) is 0 Å². The molecule has 4 heterocycles. The first-order valence-electron chi connectivity index (χ1n) is 21.3. The van der Waals surface area contributed by atoms with Gasteiger partial charge in [-0.25, -0.2) is 4.98 Å². The van der Waals surface area contributed by atoms with Gasteiger partial charge in [-0.15, -0.1) is 11.3 Å². The van der Waals surface area contributed by atoms with E-state index >= 15 is 0 Å². The van der Waals surface area contributed by atoms with Gasteiger partial charge in [-0.1, -0.05) is 164 Å². The number of thiophene rings is 1. The Bertz CT molecular complexity index is 4180. The highest BCUT2D eigenvalue weighted by Gasteiger charge is 2.24. The molecule has 0 N–H and O–H groups in total. The number of hydrogen-bond donors (Lipinski definition) is 0. The number of hydrogen-bond acceptors (Lipinski definition) is 4. The summed E-state index contributed by atoms with van der Waals surface area (Å²) in [6.45, 7) is 0. The summed E-state index contributed by atoms with van der Waals surface area (Å²) >= 11 is 1.80. The molecule has 292 valence electrons. The maximum Gasteiger partial charge on any atom is 0.238 e. The lowest BCUT2D eigenvalue weighted by atomic mass is 9.94. The van der Waals surface area contributed by atoms with Gasteiger partial charge in [0.05, 0.1) is 22.1 Å². The molecule has 63 heavy (non-hydrogen) atoms. The Morgan fingerprint density at radius 3 is 1.46 bits per heavy atom. The molecule has 6 heteroatoms. The predicted molar refractivity (Wildman–Crippen MR) is 265 cm³/mol. The third-order valence-corrected chi connectivity index (χ3v) is 14.1. The van der Waals surface area contributed by atoms with E-state index in [1.807, 2.05) is 18.2 Å². The van der Waals surface area contributed by atoms with Gasteiger partial charge in [0, 0.05) is 58.5 Å². The maximum atomic E-state index is 5.44. The average Bonchev–Trinajstić information content (AvgIpc) is 4.02. The lowest BCUT2D eigenvalue weighted by molar-refractivity contribution is 0.953. The zero-order valence-electron chi connectivity index (χ0n) is 33.7. The second-order valence-corrected chi connectivity index (χ2v) is 17.4. The number of rotatable bonds is 4. The number of para-hydroxylation sites is 2. The Hall–Kier alpha value is -8.19. The summed E-state index contributed by atoms with van der Waals surface area (Å²) in [5.41, 5.74) is 7.29. The van der Waals surface area contributed by atoms with Crippen LogP contribution in [0.25, 0.3) is 131 Å². The molecule has 0 fully saturated rings. The van der Waals surface area contributed by atoms with Crippen LogP contribution >= 0.6 is 11.3 Å². The normalized spacial score (nSPS) is 12.1. The molecule has 0 bridgehead atoms. The number of benzene rings is 10. The topological polar surface area (TPSA) is 48.5 Å². The molecule has 0 spiro atoms. The second-order valence-electron chi connectivity index (χ2n) is 16.3. The van der Waals surface area contributed by atoms with Gasteiger partial charge in [0.1, 0.15) is 0 Å². The lowest BCUT2D eigenvalue weighted by Crippen LogP contribution is -2.07. The fourth-order valence-corrected chi connectivity index (χ4v) is 11.3.